The quantitative estimate of drug-likeness (QED) is 0.654. The van der Waals surface area contributed by atoms with Gasteiger partial charge in [-0.1, -0.05) is 32.4 Å². The summed E-state index contributed by atoms with van der Waals surface area (Å²) in [6.45, 7) is 11.2. The average Bonchev–Trinajstić information content (AvgIpc) is 2.83. The van der Waals surface area contributed by atoms with Gasteiger partial charge in [0, 0.05) is 29.7 Å². The average molecular weight is 357 g/mol. The first-order valence-corrected chi connectivity index (χ1v) is 8.89. The third kappa shape index (κ3) is 4.13. The van der Waals surface area contributed by atoms with Crippen molar-refractivity contribution >= 4 is 23.1 Å². The van der Waals surface area contributed by atoms with Gasteiger partial charge < -0.3 is 5.32 Å². The van der Waals surface area contributed by atoms with E-state index in [-0.39, 0.29) is 11.0 Å². The maximum absolute atomic E-state index is 6.23. The molecule has 5 heteroatoms. The summed E-state index contributed by atoms with van der Waals surface area (Å²) in [4.78, 5) is 9.05. The number of hydrogen-bond acceptors (Lipinski definition) is 3. The van der Waals surface area contributed by atoms with Gasteiger partial charge in [0.15, 0.2) is 0 Å². The highest BCUT2D eigenvalue weighted by Gasteiger charge is 2.28. The fourth-order valence-corrected chi connectivity index (χ4v) is 3.69. The van der Waals surface area contributed by atoms with Crippen LogP contribution in [0.25, 0.3) is 16.9 Å². The highest BCUT2D eigenvalue weighted by atomic mass is 35.5. The number of hydrogen-bond donors (Lipinski definition) is 1. The number of pyridine rings is 2. The van der Waals surface area contributed by atoms with Gasteiger partial charge in [0.25, 0.3) is 0 Å². The predicted molar refractivity (Wildman–Crippen MR) is 105 cm³/mol. The number of nitrogens with one attached hydrogen (secondary N) is 1. The van der Waals surface area contributed by atoms with E-state index in [0.29, 0.717) is 5.02 Å². The Kier molecular flexibility index (Phi) is 4.50. The second-order valence-corrected chi connectivity index (χ2v) is 8.81. The molecule has 0 atom stereocenters. The van der Waals surface area contributed by atoms with Gasteiger partial charge in [0.2, 0.25) is 0 Å². The summed E-state index contributed by atoms with van der Waals surface area (Å²) in [5.74, 6) is 0.944. The second kappa shape index (κ2) is 6.34. The smallest absolute Gasteiger partial charge is 0.139 e. The molecule has 3 aromatic heterocycles. The van der Waals surface area contributed by atoms with E-state index in [2.05, 4.69) is 44.9 Å². The molecule has 0 aliphatic heterocycles. The van der Waals surface area contributed by atoms with Gasteiger partial charge in [-0.05, 0) is 49.9 Å². The van der Waals surface area contributed by atoms with Gasteiger partial charge in [-0.15, -0.1) is 0 Å². The summed E-state index contributed by atoms with van der Waals surface area (Å²) in [5, 5.41) is 4.39. The van der Waals surface area contributed by atoms with Crippen LogP contribution in [0.2, 0.25) is 5.02 Å². The normalized spacial score (nSPS) is 12.6. The van der Waals surface area contributed by atoms with Crippen molar-refractivity contribution in [2.45, 2.75) is 46.6 Å². The van der Waals surface area contributed by atoms with E-state index in [1.165, 1.54) is 0 Å². The third-order valence-electron chi connectivity index (χ3n) is 3.95. The molecule has 0 unspecified atom stereocenters. The zero-order valence-electron chi connectivity index (χ0n) is 15.5. The number of nitrogens with zero attached hydrogens (tertiary/aromatic N) is 3. The Morgan fingerprint density at radius 3 is 2.52 bits per heavy atom. The molecule has 4 nitrogen and oxygen atoms in total. The number of fused-ring (bicyclic) bond motifs is 1. The standard InChI is InChI=1S/C20H25ClN4/c1-19(2,3)13-20(4,5)24-18-17(14-7-6-10-22-11-14)23-16-9-8-15(21)12-25(16)18/h6-12,24H,13H2,1-5H3. The number of anilines is 1. The van der Waals surface area contributed by atoms with E-state index < -0.39 is 0 Å². The number of halogens is 1. The lowest BCUT2D eigenvalue weighted by atomic mass is 9.82. The first-order valence-electron chi connectivity index (χ1n) is 8.51. The van der Waals surface area contributed by atoms with Gasteiger partial charge in [-0.25, -0.2) is 4.98 Å². The minimum atomic E-state index is -0.104. The Morgan fingerprint density at radius 1 is 1.12 bits per heavy atom. The van der Waals surface area contributed by atoms with E-state index in [1.807, 2.05) is 41.1 Å². The molecule has 0 amide bonds. The monoisotopic (exact) mass is 356 g/mol. The SMILES string of the molecule is CC(C)(C)CC(C)(C)Nc1c(-c2cccnc2)nc2ccc(Cl)cn12. The van der Waals surface area contributed by atoms with Gasteiger partial charge in [-0.3, -0.25) is 9.38 Å². The van der Waals surface area contributed by atoms with E-state index in [9.17, 15) is 0 Å². The van der Waals surface area contributed by atoms with Crippen LogP contribution in [0, 0.1) is 5.41 Å². The topological polar surface area (TPSA) is 42.2 Å². The summed E-state index contributed by atoms with van der Waals surface area (Å²) < 4.78 is 2.02. The molecule has 3 heterocycles. The van der Waals surface area contributed by atoms with Gasteiger partial charge in [0.1, 0.15) is 17.2 Å². The van der Waals surface area contributed by atoms with Crippen molar-refractivity contribution in [1.29, 1.82) is 0 Å². The van der Waals surface area contributed by atoms with Gasteiger partial charge >= 0.3 is 0 Å². The van der Waals surface area contributed by atoms with Crippen LogP contribution in [-0.4, -0.2) is 19.9 Å². The molecule has 3 aromatic rings. The van der Waals surface area contributed by atoms with Crippen LogP contribution < -0.4 is 5.32 Å². The summed E-state index contributed by atoms with van der Waals surface area (Å²) in [7, 11) is 0. The molecule has 132 valence electrons. The Labute approximate surface area is 154 Å². The molecule has 0 aliphatic rings. The van der Waals surface area contributed by atoms with Crippen molar-refractivity contribution < 1.29 is 0 Å². The van der Waals surface area contributed by atoms with E-state index in [1.54, 1.807) is 6.20 Å². The number of rotatable bonds is 4. The first-order chi connectivity index (χ1) is 11.6. The minimum absolute atomic E-state index is 0.104. The van der Waals surface area contributed by atoms with Crippen molar-refractivity contribution in [2.75, 3.05) is 5.32 Å². The van der Waals surface area contributed by atoms with Crippen LogP contribution in [0.5, 0.6) is 0 Å². The van der Waals surface area contributed by atoms with Crippen molar-refractivity contribution in [3.63, 3.8) is 0 Å². The Bertz CT molecular complexity index is 876. The molecule has 0 saturated carbocycles. The maximum atomic E-state index is 6.23. The lowest BCUT2D eigenvalue weighted by Crippen LogP contribution is -2.36. The van der Waals surface area contributed by atoms with E-state index in [4.69, 9.17) is 16.6 Å². The molecule has 3 rings (SSSR count). The Balaban J connectivity index is 2.13. The molecule has 0 spiro atoms. The number of aromatic nitrogens is 3. The first kappa shape index (κ1) is 17.7. The van der Waals surface area contributed by atoms with Crippen LogP contribution in [0.4, 0.5) is 5.82 Å². The Hall–Kier alpha value is -2.07. The molecule has 0 aliphatic carbocycles. The molecule has 0 saturated heterocycles. The highest BCUT2D eigenvalue weighted by molar-refractivity contribution is 6.30. The van der Waals surface area contributed by atoms with Crippen LogP contribution in [0.15, 0.2) is 42.9 Å². The molecule has 25 heavy (non-hydrogen) atoms. The largest absolute Gasteiger partial charge is 0.364 e. The third-order valence-corrected chi connectivity index (χ3v) is 4.17. The van der Waals surface area contributed by atoms with Gasteiger partial charge in [0.05, 0.1) is 5.02 Å². The molecule has 0 aromatic carbocycles. The second-order valence-electron chi connectivity index (χ2n) is 8.37. The van der Waals surface area contributed by atoms with Crippen molar-refractivity contribution in [3.8, 4) is 11.3 Å². The summed E-state index contributed by atoms with van der Waals surface area (Å²) in [6.07, 6.45) is 6.53. The fourth-order valence-electron chi connectivity index (χ4n) is 3.53. The molecular weight excluding hydrogens is 332 g/mol. The fraction of sp³-hybridized carbons (Fsp3) is 0.400. The maximum Gasteiger partial charge on any atom is 0.139 e. The molecular formula is C20H25ClN4. The van der Waals surface area contributed by atoms with Crippen LogP contribution in [-0.2, 0) is 0 Å². The molecule has 0 fully saturated rings. The summed E-state index contributed by atoms with van der Waals surface area (Å²) in [5.41, 5.74) is 2.84. The van der Waals surface area contributed by atoms with Crippen molar-refractivity contribution in [2.24, 2.45) is 5.41 Å². The molecule has 0 bridgehead atoms. The zero-order valence-corrected chi connectivity index (χ0v) is 16.2. The van der Waals surface area contributed by atoms with Crippen LogP contribution in [0.1, 0.15) is 41.0 Å². The molecule has 1 N–H and O–H groups in total. The molecule has 0 radical (unpaired) electrons. The number of imidazole rings is 1. The lowest BCUT2D eigenvalue weighted by Gasteiger charge is -2.34. The summed E-state index contributed by atoms with van der Waals surface area (Å²) >= 11 is 6.23. The van der Waals surface area contributed by atoms with Crippen molar-refractivity contribution in [1.82, 2.24) is 14.4 Å². The van der Waals surface area contributed by atoms with Gasteiger partial charge in [-0.2, -0.15) is 0 Å². The predicted octanol–water partition coefficient (Wildman–Crippen LogP) is 5.68. The van der Waals surface area contributed by atoms with Crippen LogP contribution in [0.3, 0.4) is 0 Å². The Morgan fingerprint density at radius 2 is 1.88 bits per heavy atom. The summed E-state index contributed by atoms with van der Waals surface area (Å²) in [6, 6.07) is 7.75. The minimum Gasteiger partial charge on any atom is -0.364 e. The van der Waals surface area contributed by atoms with E-state index in [0.717, 1.165) is 29.1 Å². The van der Waals surface area contributed by atoms with E-state index >= 15 is 0 Å². The van der Waals surface area contributed by atoms with Crippen molar-refractivity contribution in [3.05, 3.63) is 47.9 Å². The van der Waals surface area contributed by atoms with Crippen LogP contribution >= 0.6 is 11.6 Å². The highest BCUT2D eigenvalue weighted by Crippen LogP contribution is 2.34. The lowest BCUT2D eigenvalue weighted by molar-refractivity contribution is 0.302. The zero-order chi connectivity index (χ0) is 18.2.